The van der Waals surface area contributed by atoms with Gasteiger partial charge in [-0.15, -0.1) is 0 Å². The van der Waals surface area contributed by atoms with Crippen LogP contribution in [0.15, 0.2) is 0 Å². The Bertz CT molecular complexity index is 377. The molecule has 1 fully saturated rings. The molecule has 6 nitrogen and oxygen atoms in total. The summed E-state index contributed by atoms with van der Waals surface area (Å²) in [6, 6.07) is -0.213. The highest BCUT2D eigenvalue weighted by molar-refractivity contribution is 7.89. The van der Waals surface area contributed by atoms with Crippen LogP contribution in [0.5, 0.6) is 0 Å². The third-order valence-corrected chi connectivity index (χ3v) is 5.10. The fourth-order valence-corrected chi connectivity index (χ4v) is 3.97. The van der Waals surface area contributed by atoms with Gasteiger partial charge in [0.2, 0.25) is 10.0 Å². The van der Waals surface area contributed by atoms with E-state index in [9.17, 15) is 13.2 Å². The highest BCUT2D eigenvalue weighted by Gasteiger charge is 2.26. The molecule has 1 atom stereocenters. The highest BCUT2D eigenvalue weighted by Crippen LogP contribution is 2.26. The van der Waals surface area contributed by atoms with Crippen LogP contribution < -0.4 is 10.5 Å². The SMILES string of the molecule is NCC(NS(=O)(=O)CCCC(=O)O)C1CCCCC1. The molecule has 1 aliphatic carbocycles. The third kappa shape index (κ3) is 6.35. The number of sulfonamides is 1. The molecule has 0 radical (unpaired) electrons. The Morgan fingerprint density at radius 2 is 1.95 bits per heavy atom. The van der Waals surface area contributed by atoms with E-state index < -0.39 is 16.0 Å². The fourth-order valence-electron chi connectivity index (χ4n) is 2.58. The number of carboxylic acids is 1. The van der Waals surface area contributed by atoms with Gasteiger partial charge in [0, 0.05) is 19.0 Å². The van der Waals surface area contributed by atoms with Crippen molar-refractivity contribution in [3.63, 3.8) is 0 Å². The standard InChI is InChI=1S/C12H24N2O4S/c13-9-11(10-5-2-1-3-6-10)14-19(17,18)8-4-7-12(15)16/h10-11,14H,1-9,13H2,(H,15,16). The van der Waals surface area contributed by atoms with Crippen molar-refractivity contribution < 1.29 is 18.3 Å². The lowest BCUT2D eigenvalue weighted by atomic mass is 9.84. The molecule has 1 rings (SSSR count). The number of hydrogen-bond donors (Lipinski definition) is 3. The summed E-state index contributed by atoms with van der Waals surface area (Å²) < 4.78 is 26.4. The molecular weight excluding hydrogens is 268 g/mol. The van der Waals surface area contributed by atoms with Crippen molar-refractivity contribution in [3.8, 4) is 0 Å². The average molecular weight is 292 g/mol. The van der Waals surface area contributed by atoms with E-state index in [0.717, 1.165) is 25.7 Å². The zero-order valence-electron chi connectivity index (χ0n) is 11.2. The lowest BCUT2D eigenvalue weighted by Crippen LogP contribution is -2.46. The lowest BCUT2D eigenvalue weighted by molar-refractivity contribution is -0.137. The Morgan fingerprint density at radius 1 is 1.32 bits per heavy atom. The van der Waals surface area contributed by atoms with Gasteiger partial charge in [-0.2, -0.15) is 0 Å². The highest BCUT2D eigenvalue weighted by atomic mass is 32.2. The van der Waals surface area contributed by atoms with Crippen LogP contribution >= 0.6 is 0 Å². The number of carboxylic acid groups (broad SMARTS) is 1. The number of hydrogen-bond acceptors (Lipinski definition) is 4. The van der Waals surface area contributed by atoms with E-state index in [2.05, 4.69) is 4.72 Å². The maximum atomic E-state index is 11.9. The first-order chi connectivity index (χ1) is 8.94. The van der Waals surface area contributed by atoms with E-state index in [1.54, 1.807) is 0 Å². The molecule has 0 heterocycles. The summed E-state index contributed by atoms with van der Waals surface area (Å²) in [5.41, 5.74) is 5.67. The van der Waals surface area contributed by atoms with Crippen LogP contribution in [0.25, 0.3) is 0 Å². The van der Waals surface area contributed by atoms with Gasteiger partial charge in [-0.25, -0.2) is 13.1 Å². The zero-order valence-corrected chi connectivity index (χ0v) is 12.0. The van der Waals surface area contributed by atoms with Crippen LogP contribution in [-0.4, -0.2) is 37.8 Å². The van der Waals surface area contributed by atoms with Crippen LogP contribution in [0.2, 0.25) is 0 Å². The minimum absolute atomic E-state index is 0.127. The molecule has 0 aromatic carbocycles. The van der Waals surface area contributed by atoms with Gasteiger partial charge in [0.25, 0.3) is 0 Å². The summed E-state index contributed by atoms with van der Waals surface area (Å²) in [6.07, 6.45) is 5.49. The van der Waals surface area contributed by atoms with Gasteiger partial charge >= 0.3 is 5.97 Å². The van der Waals surface area contributed by atoms with Gasteiger partial charge in [-0.05, 0) is 25.2 Å². The first-order valence-electron chi connectivity index (χ1n) is 6.86. The zero-order chi connectivity index (χ0) is 14.3. The second kappa shape index (κ2) is 7.81. The largest absolute Gasteiger partial charge is 0.481 e. The minimum Gasteiger partial charge on any atom is -0.481 e. The molecule has 0 aromatic heterocycles. The van der Waals surface area contributed by atoms with E-state index in [1.807, 2.05) is 0 Å². The van der Waals surface area contributed by atoms with E-state index >= 15 is 0 Å². The monoisotopic (exact) mass is 292 g/mol. The summed E-state index contributed by atoms with van der Waals surface area (Å²) in [7, 11) is -3.43. The first kappa shape index (κ1) is 16.4. The van der Waals surface area contributed by atoms with E-state index in [4.69, 9.17) is 10.8 Å². The minimum atomic E-state index is -3.43. The molecule has 4 N–H and O–H groups in total. The molecule has 1 aliphatic rings. The maximum Gasteiger partial charge on any atom is 0.303 e. The topological polar surface area (TPSA) is 109 Å². The van der Waals surface area contributed by atoms with Crippen molar-refractivity contribution in [1.29, 1.82) is 0 Å². The average Bonchev–Trinajstić information content (AvgIpc) is 2.36. The van der Waals surface area contributed by atoms with E-state index in [0.29, 0.717) is 12.5 Å². The summed E-state index contributed by atoms with van der Waals surface area (Å²) in [6.45, 7) is 0.294. The van der Waals surface area contributed by atoms with Crippen molar-refractivity contribution in [2.24, 2.45) is 11.7 Å². The number of rotatable bonds is 8. The predicted molar refractivity (Wildman–Crippen MR) is 73.2 cm³/mol. The molecule has 0 aromatic rings. The van der Waals surface area contributed by atoms with Crippen molar-refractivity contribution in [3.05, 3.63) is 0 Å². The van der Waals surface area contributed by atoms with Crippen molar-refractivity contribution in [1.82, 2.24) is 4.72 Å². The Morgan fingerprint density at radius 3 is 2.47 bits per heavy atom. The number of aliphatic carboxylic acids is 1. The molecule has 0 bridgehead atoms. The second-order valence-corrected chi connectivity index (χ2v) is 7.05. The summed E-state index contributed by atoms with van der Waals surface area (Å²) in [5.74, 6) is -0.812. The molecule has 7 heteroatoms. The number of carbonyl (C=O) groups is 1. The number of nitrogens with one attached hydrogen (secondary N) is 1. The fraction of sp³-hybridized carbons (Fsp3) is 0.917. The molecule has 0 aliphatic heterocycles. The van der Waals surface area contributed by atoms with Crippen molar-refractivity contribution >= 4 is 16.0 Å². The second-order valence-electron chi connectivity index (χ2n) is 5.17. The summed E-state index contributed by atoms with van der Waals surface area (Å²) >= 11 is 0. The van der Waals surface area contributed by atoms with Gasteiger partial charge in [-0.1, -0.05) is 19.3 Å². The Balaban J connectivity index is 2.46. The van der Waals surface area contributed by atoms with Crippen molar-refractivity contribution in [2.45, 2.75) is 51.0 Å². The molecule has 112 valence electrons. The van der Waals surface area contributed by atoms with Crippen LogP contribution in [-0.2, 0) is 14.8 Å². The summed E-state index contributed by atoms with van der Waals surface area (Å²) in [4.78, 5) is 10.4. The van der Waals surface area contributed by atoms with Gasteiger partial charge in [0.1, 0.15) is 0 Å². The molecule has 0 saturated heterocycles. The molecular formula is C12H24N2O4S. The Labute approximate surface area is 114 Å². The number of nitrogens with two attached hydrogens (primary N) is 1. The predicted octanol–water partition coefficient (Wildman–Crippen LogP) is 0.678. The van der Waals surface area contributed by atoms with Gasteiger partial charge in [0.15, 0.2) is 0 Å². The van der Waals surface area contributed by atoms with Crippen LogP contribution in [0.1, 0.15) is 44.9 Å². The van der Waals surface area contributed by atoms with Gasteiger partial charge in [-0.3, -0.25) is 4.79 Å². The van der Waals surface area contributed by atoms with Crippen LogP contribution in [0.4, 0.5) is 0 Å². The lowest BCUT2D eigenvalue weighted by Gasteiger charge is -2.29. The van der Waals surface area contributed by atoms with E-state index in [-0.39, 0.29) is 24.6 Å². The van der Waals surface area contributed by atoms with Crippen molar-refractivity contribution in [2.75, 3.05) is 12.3 Å². The van der Waals surface area contributed by atoms with Crippen LogP contribution in [0, 0.1) is 5.92 Å². The van der Waals surface area contributed by atoms with Gasteiger partial charge in [0.05, 0.1) is 5.75 Å². The molecule has 1 unspecified atom stereocenters. The van der Waals surface area contributed by atoms with Gasteiger partial charge < -0.3 is 10.8 Å². The molecule has 0 amide bonds. The normalized spacial score (nSPS) is 19.2. The molecule has 0 spiro atoms. The Kier molecular flexibility index (Phi) is 6.74. The quantitative estimate of drug-likeness (QED) is 0.609. The molecule has 19 heavy (non-hydrogen) atoms. The first-order valence-corrected chi connectivity index (χ1v) is 8.51. The molecule has 1 saturated carbocycles. The maximum absolute atomic E-state index is 11.9. The smallest absolute Gasteiger partial charge is 0.303 e. The van der Waals surface area contributed by atoms with E-state index in [1.165, 1.54) is 6.42 Å². The van der Waals surface area contributed by atoms with Crippen LogP contribution in [0.3, 0.4) is 0 Å². The Hall–Kier alpha value is -0.660. The third-order valence-electron chi connectivity index (χ3n) is 3.61. The summed E-state index contributed by atoms with van der Waals surface area (Å²) in [5, 5.41) is 8.51.